The number of hydrogen-bond donors (Lipinski definition) is 1. The molecule has 6 nitrogen and oxygen atoms in total. The molecule has 1 heterocycles. The highest BCUT2D eigenvalue weighted by Gasteiger charge is 2.14. The van der Waals surface area contributed by atoms with Crippen molar-refractivity contribution < 1.29 is 17.9 Å². The second-order valence-corrected chi connectivity index (χ2v) is 9.36. The van der Waals surface area contributed by atoms with Gasteiger partial charge in [0.15, 0.2) is 4.34 Å². The van der Waals surface area contributed by atoms with E-state index in [9.17, 15) is 8.42 Å². The minimum absolute atomic E-state index is 0.115. The summed E-state index contributed by atoms with van der Waals surface area (Å²) in [7, 11) is -0.323. The van der Waals surface area contributed by atoms with Gasteiger partial charge in [0.1, 0.15) is 16.6 Å². The first kappa shape index (κ1) is 17.8. The molecule has 0 saturated heterocycles. The second-order valence-electron chi connectivity index (χ2n) is 5.02. The molecule has 0 aliphatic carbocycles. The van der Waals surface area contributed by atoms with E-state index < -0.39 is 10.0 Å². The highest BCUT2D eigenvalue weighted by molar-refractivity contribution is 8.13. The Kier molecular flexibility index (Phi) is 5.36. The molecule has 0 atom stereocenters. The van der Waals surface area contributed by atoms with E-state index >= 15 is 0 Å². The minimum Gasteiger partial charge on any atom is -0.497 e. The van der Waals surface area contributed by atoms with Gasteiger partial charge in [-0.1, -0.05) is 11.8 Å². The molecule has 3 aromatic rings. The summed E-state index contributed by atoms with van der Waals surface area (Å²) in [6, 6.07) is 12.3. The van der Waals surface area contributed by atoms with E-state index in [1.807, 2.05) is 18.2 Å². The van der Waals surface area contributed by atoms with Gasteiger partial charge in [-0.05, 0) is 42.5 Å². The number of thioether (sulfide) groups is 1. The van der Waals surface area contributed by atoms with Crippen LogP contribution in [0.1, 0.15) is 0 Å². The van der Waals surface area contributed by atoms with Crippen LogP contribution in [0.5, 0.6) is 11.5 Å². The number of rotatable bonds is 7. The van der Waals surface area contributed by atoms with E-state index in [-0.39, 0.29) is 5.08 Å². The molecule has 0 bridgehead atoms. The molecular weight excluding hydrogens is 380 g/mol. The van der Waals surface area contributed by atoms with Crippen LogP contribution in [-0.4, -0.2) is 32.7 Å². The number of thiazole rings is 1. The normalized spacial score (nSPS) is 11.4. The first-order valence-electron chi connectivity index (χ1n) is 7.21. The number of methoxy groups -OCH3 is 2. The number of nitrogens with one attached hydrogen (secondary N) is 1. The third kappa shape index (κ3) is 4.56. The molecule has 0 saturated carbocycles. The lowest BCUT2D eigenvalue weighted by Crippen LogP contribution is -2.14. The van der Waals surface area contributed by atoms with Crippen LogP contribution in [-0.2, 0) is 10.0 Å². The van der Waals surface area contributed by atoms with Crippen LogP contribution in [0.2, 0.25) is 0 Å². The number of nitrogens with zero attached hydrogens (tertiary/aromatic N) is 1. The SMILES string of the molecule is COc1ccc(NS(=O)(=O)CSc2nc3ccc(OC)cc3s2)cc1. The topological polar surface area (TPSA) is 77.5 Å². The summed E-state index contributed by atoms with van der Waals surface area (Å²) in [6.07, 6.45) is 0. The van der Waals surface area contributed by atoms with Crippen molar-refractivity contribution in [3.63, 3.8) is 0 Å². The maximum atomic E-state index is 12.2. The molecule has 0 aliphatic rings. The van der Waals surface area contributed by atoms with E-state index in [1.165, 1.54) is 23.1 Å². The van der Waals surface area contributed by atoms with Crippen molar-refractivity contribution in [3.05, 3.63) is 42.5 Å². The van der Waals surface area contributed by atoms with E-state index in [1.54, 1.807) is 38.5 Å². The van der Waals surface area contributed by atoms with Crippen LogP contribution in [0.3, 0.4) is 0 Å². The van der Waals surface area contributed by atoms with E-state index in [2.05, 4.69) is 9.71 Å². The molecule has 1 N–H and O–H groups in total. The van der Waals surface area contributed by atoms with Gasteiger partial charge >= 0.3 is 0 Å². The van der Waals surface area contributed by atoms with Crippen LogP contribution in [0.15, 0.2) is 46.8 Å². The second kappa shape index (κ2) is 7.51. The molecule has 0 fully saturated rings. The Morgan fingerprint density at radius 3 is 2.44 bits per heavy atom. The van der Waals surface area contributed by atoms with Gasteiger partial charge in [-0.3, -0.25) is 4.72 Å². The summed E-state index contributed by atoms with van der Waals surface area (Å²) in [5.74, 6) is 1.42. The number of hydrogen-bond acceptors (Lipinski definition) is 7. The third-order valence-electron chi connectivity index (χ3n) is 3.28. The molecule has 132 valence electrons. The fraction of sp³-hybridized carbons (Fsp3) is 0.188. The highest BCUT2D eigenvalue weighted by Crippen LogP contribution is 2.32. The quantitative estimate of drug-likeness (QED) is 0.612. The maximum Gasteiger partial charge on any atom is 0.242 e. The van der Waals surface area contributed by atoms with Crippen LogP contribution in [0, 0.1) is 0 Å². The lowest BCUT2D eigenvalue weighted by molar-refractivity contribution is 0.415. The van der Waals surface area contributed by atoms with Gasteiger partial charge in [0, 0.05) is 5.69 Å². The predicted octanol–water partition coefficient (Wildman–Crippen LogP) is 3.81. The zero-order valence-electron chi connectivity index (χ0n) is 13.6. The Morgan fingerprint density at radius 1 is 1.08 bits per heavy atom. The van der Waals surface area contributed by atoms with Gasteiger partial charge < -0.3 is 9.47 Å². The first-order valence-corrected chi connectivity index (χ1v) is 10.7. The van der Waals surface area contributed by atoms with Gasteiger partial charge in [-0.25, -0.2) is 13.4 Å². The van der Waals surface area contributed by atoms with Crippen molar-refractivity contribution in [1.29, 1.82) is 0 Å². The molecule has 0 spiro atoms. The zero-order chi connectivity index (χ0) is 17.9. The Labute approximate surface area is 154 Å². The van der Waals surface area contributed by atoms with Crippen molar-refractivity contribution in [2.45, 2.75) is 4.34 Å². The predicted molar refractivity (Wildman–Crippen MR) is 102 cm³/mol. The molecule has 2 aromatic carbocycles. The van der Waals surface area contributed by atoms with Crippen LogP contribution >= 0.6 is 23.1 Å². The summed E-state index contributed by atoms with van der Waals surface area (Å²) in [5, 5.41) is -0.115. The van der Waals surface area contributed by atoms with E-state index in [0.29, 0.717) is 15.8 Å². The van der Waals surface area contributed by atoms with Crippen LogP contribution < -0.4 is 14.2 Å². The molecule has 0 radical (unpaired) electrons. The number of benzene rings is 2. The largest absolute Gasteiger partial charge is 0.497 e. The third-order valence-corrected chi connectivity index (χ3v) is 7.29. The molecule has 3 rings (SSSR count). The number of sulfonamides is 1. The van der Waals surface area contributed by atoms with Crippen molar-refractivity contribution in [1.82, 2.24) is 4.98 Å². The van der Waals surface area contributed by atoms with Gasteiger partial charge in [-0.15, -0.1) is 11.3 Å². The van der Waals surface area contributed by atoms with Gasteiger partial charge in [0.25, 0.3) is 0 Å². The monoisotopic (exact) mass is 396 g/mol. The van der Waals surface area contributed by atoms with E-state index in [4.69, 9.17) is 9.47 Å². The fourth-order valence-corrected chi connectivity index (χ4v) is 5.65. The molecular formula is C16H16N2O4S3. The maximum absolute atomic E-state index is 12.2. The molecule has 9 heteroatoms. The van der Waals surface area contributed by atoms with Gasteiger partial charge in [-0.2, -0.15) is 0 Å². The Morgan fingerprint density at radius 2 is 1.76 bits per heavy atom. The number of fused-ring (bicyclic) bond motifs is 1. The standard InChI is InChI=1S/C16H16N2O4S3/c1-21-12-5-3-11(4-6-12)18-25(19,20)10-23-16-17-14-8-7-13(22-2)9-15(14)24-16/h3-9,18H,10H2,1-2H3. The van der Waals surface area contributed by atoms with Gasteiger partial charge in [0.2, 0.25) is 10.0 Å². The number of aromatic nitrogens is 1. The Balaban J connectivity index is 1.66. The van der Waals surface area contributed by atoms with E-state index in [0.717, 1.165) is 16.0 Å². The summed E-state index contributed by atoms with van der Waals surface area (Å²) in [5.41, 5.74) is 1.32. The first-order chi connectivity index (χ1) is 12.0. The summed E-state index contributed by atoms with van der Waals surface area (Å²) in [4.78, 5) is 4.44. The smallest absolute Gasteiger partial charge is 0.242 e. The molecule has 25 heavy (non-hydrogen) atoms. The zero-order valence-corrected chi connectivity index (χ0v) is 16.0. The average Bonchev–Trinajstić information content (AvgIpc) is 3.02. The Hall–Kier alpha value is -1.97. The Bertz CT molecular complexity index is 969. The lowest BCUT2D eigenvalue weighted by Gasteiger charge is -2.07. The summed E-state index contributed by atoms with van der Waals surface area (Å²) >= 11 is 2.63. The summed E-state index contributed by atoms with van der Waals surface area (Å²) in [6.45, 7) is 0. The van der Waals surface area contributed by atoms with Gasteiger partial charge in [0.05, 0.1) is 24.4 Å². The molecule has 0 aliphatic heterocycles. The van der Waals surface area contributed by atoms with Crippen LogP contribution in [0.4, 0.5) is 5.69 Å². The summed E-state index contributed by atoms with van der Waals surface area (Å²) < 4.78 is 38.9. The molecule has 0 unspecified atom stereocenters. The van der Waals surface area contributed by atoms with Crippen molar-refractivity contribution >= 4 is 49.0 Å². The van der Waals surface area contributed by atoms with Crippen molar-refractivity contribution in [2.75, 3.05) is 24.0 Å². The highest BCUT2D eigenvalue weighted by atomic mass is 32.3. The molecule has 0 amide bonds. The molecule has 1 aromatic heterocycles. The number of ether oxygens (including phenoxy) is 2. The fourth-order valence-electron chi connectivity index (χ4n) is 2.07. The van der Waals surface area contributed by atoms with Crippen molar-refractivity contribution in [2.24, 2.45) is 0 Å². The lowest BCUT2D eigenvalue weighted by atomic mass is 10.3. The average molecular weight is 397 g/mol. The van der Waals surface area contributed by atoms with Crippen molar-refractivity contribution in [3.8, 4) is 11.5 Å². The number of anilines is 1. The minimum atomic E-state index is -3.49. The van der Waals surface area contributed by atoms with Crippen LogP contribution in [0.25, 0.3) is 10.2 Å².